The van der Waals surface area contributed by atoms with Crippen LogP contribution < -0.4 is 0 Å². The molecule has 0 aliphatic rings. The molecule has 0 heterocycles. The maximum absolute atomic E-state index is 12.4. The lowest BCUT2D eigenvalue weighted by Crippen LogP contribution is -2.32. The molecular weight excluding hydrogens is 278 g/mol. The highest BCUT2D eigenvalue weighted by Crippen LogP contribution is 2.17. The molecule has 5 nitrogen and oxygen atoms in total. The first-order chi connectivity index (χ1) is 8.93. The molecule has 0 amide bonds. The summed E-state index contributed by atoms with van der Waals surface area (Å²) in [6.45, 7) is 4.78. The zero-order valence-electron chi connectivity index (χ0n) is 11.2. The minimum Gasteiger partial charge on any atom is -0.478 e. The second-order valence-electron chi connectivity index (χ2n) is 4.23. The first-order valence-corrected chi connectivity index (χ1v) is 7.71. The molecular formula is C14H23NO4S. The molecule has 0 aliphatic carbocycles. The Labute approximate surface area is 121 Å². The number of hydrogen-bond acceptors (Lipinski definition) is 3. The molecule has 6 heteroatoms. The van der Waals surface area contributed by atoms with Crippen molar-refractivity contribution < 1.29 is 18.3 Å². The molecule has 1 aromatic rings. The molecule has 0 saturated heterocycles. The number of carboxylic acids is 1. The number of benzene rings is 1. The monoisotopic (exact) mass is 301 g/mol. The summed E-state index contributed by atoms with van der Waals surface area (Å²) in [7, 11) is -3.53. The van der Waals surface area contributed by atoms with Gasteiger partial charge in [-0.2, -0.15) is 4.31 Å². The first kappa shape index (κ1) is 18.6. The SMILES string of the molecule is C.CCCN(CCC)S(=O)(=O)c1ccc(C(=O)O)cc1. The van der Waals surface area contributed by atoms with E-state index in [9.17, 15) is 13.2 Å². The Balaban J connectivity index is 0.00000361. The van der Waals surface area contributed by atoms with Crippen LogP contribution >= 0.6 is 0 Å². The smallest absolute Gasteiger partial charge is 0.335 e. The van der Waals surface area contributed by atoms with Gasteiger partial charge in [0.05, 0.1) is 10.5 Å². The number of carbonyl (C=O) groups is 1. The van der Waals surface area contributed by atoms with Gasteiger partial charge in [-0.25, -0.2) is 13.2 Å². The van der Waals surface area contributed by atoms with E-state index in [0.29, 0.717) is 13.1 Å². The molecule has 1 aromatic carbocycles. The van der Waals surface area contributed by atoms with E-state index in [0.717, 1.165) is 12.8 Å². The number of carboxylic acid groups (broad SMARTS) is 1. The second-order valence-corrected chi connectivity index (χ2v) is 6.17. The van der Waals surface area contributed by atoms with E-state index < -0.39 is 16.0 Å². The van der Waals surface area contributed by atoms with Gasteiger partial charge >= 0.3 is 5.97 Å². The van der Waals surface area contributed by atoms with Crippen molar-refractivity contribution >= 4 is 16.0 Å². The van der Waals surface area contributed by atoms with Crippen LogP contribution in [0.15, 0.2) is 29.2 Å². The lowest BCUT2D eigenvalue weighted by atomic mass is 10.2. The summed E-state index contributed by atoms with van der Waals surface area (Å²) in [6, 6.07) is 5.31. The van der Waals surface area contributed by atoms with E-state index in [-0.39, 0.29) is 17.9 Å². The lowest BCUT2D eigenvalue weighted by molar-refractivity contribution is 0.0696. The van der Waals surface area contributed by atoms with Gasteiger partial charge in [-0.05, 0) is 37.1 Å². The van der Waals surface area contributed by atoms with E-state index in [1.807, 2.05) is 13.8 Å². The molecule has 0 aliphatic heterocycles. The average Bonchev–Trinajstić information content (AvgIpc) is 2.38. The van der Waals surface area contributed by atoms with Crippen LogP contribution in [0.3, 0.4) is 0 Å². The van der Waals surface area contributed by atoms with Crippen LogP contribution in [0.1, 0.15) is 44.5 Å². The summed E-state index contributed by atoms with van der Waals surface area (Å²) < 4.78 is 26.2. The van der Waals surface area contributed by atoms with Crippen LogP contribution in [0.4, 0.5) is 0 Å². The summed E-state index contributed by atoms with van der Waals surface area (Å²) >= 11 is 0. The van der Waals surface area contributed by atoms with Crippen LogP contribution in [0.5, 0.6) is 0 Å². The van der Waals surface area contributed by atoms with Crippen molar-refractivity contribution in [2.45, 2.75) is 39.0 Å². The molecule has 0 radical (unpaired) electrons. The van der Waals surface area contributed by atoms with Gasteiger partial charge in [0.2, 0.25) is 10.0 Å². The van der Waals surface area contributed by atoms with Crippen molar-refractivity contribution in [3.05, 3.63) is 29.8 Å². The van der Waals surface area contributed by atoms with Gasteiger partial charge in [-0.1, -0.05) is 21.3 Å². The third kappa shape index (κ3) is 4.31. The van der Waals surface area contributed by atoms with Crippen molar-refractivity contribution in [2.75, 3.05) is 13.1 Å². The predicted molar refractivity (Wildman–Crippen MR) is 79.5 cm³/mol. The standard InChI is InChI=1S/C13H19NO4S.CH4/c1-3-9-14(10-4-2)19(17,18)12-7-5-11(6-8-12)13(15)16;/h5-8H,3-4,9-10H2,1-2H3,(H,15,16);1H4. The molecule has 1 rings (SSSR count). The highest BCUT2D eigenvalue weighted by molar-refractivity contribution is 7.89. The maximum atomic E-state index is 12.4. The molecule has 0 unspecified atom stereocenters. The molecule has 0 saturated carbocycles. The third-order valence-corrected chi connectivity index (χ3v) is 4.60. The lowest BCUT2D eigenvalue weighted by Gasteiger charge is -2.20. The van der Waals surface area contributed by atoms with Crippen molar-refractivity contribution in [1.82, 2.24) is 4.31 Å². The minimum absolute atomic E-state index is 0. The quantitative estimate of drug-likeness (QED) is 0.840. The van der Waals surface area contributed by atoms with E-state index in [1.54, 1.807) is 0 Å². The number of aromatic carboxylic acids is 1. The van der Waals surface area contributed by atoms with Gasteiger partial charge in [0.1, 0.15) is 0 Å². The summed E-state index contributed by atoms with van der Waals surface area (Å²) in [4.78, 5) is 10.9. The van der Waals surface area contributed by atoms with Crippen LogP contribution in [0.2, 0.25) is 0 Å². The van der Waals surface area contributed by atoms with Crippen molar-refractivity contribution in [3.63, 3.8) is 0 Å². The van der Waals surface area contributed by atoms with Gasteiger partial charge in [0.15, 0.2) is 0 Å². The molecule has 0 spiro atoms. The minimum atomic E-state index is -3.53. The molecule has 0 bridgehead atoms. The van der Waals surface area contributed by atoms with E-state index in [2.05, 4.69) is 0 Å². The van der Waals surface area contributed by atoms with Gasteiger partial charge in [0, 0.05) is 13.1 Å². The van der Waals surface area contributed by atoms with Crippen molar-refractivity contribution in [3.8, 4) is 0 Å². The van der Waals surface area contributed by atoms with Crippen LogP contribution in [-0.2, 0) is 10.0 Å². The van der Waals surface area contributed by atoms with E-state index in [1.165, 1.54) is 28.6 Å². The Morgan fingerprint density at radius 2 is 1.55 bits per heavy atom. The first-order valence-electron chi connectivity index (χ1n) is 6.27. The van der Waals surface area contributed by atoms with Crippen molar-refractivity contribution in [2.24, 2.45) is 0 Å². The molecule has 0 fully saturated rings. The van der Waals surface area contributed by atoms with E-state index >= 15 is 0 Å². The molecule has 0 atom stereocenters. The van der Waals surface area contributed by atoms with Gasteiger partial charge in [-0.15, -0.1) is 0 Å². The van der Waals surface area contributed by atoms with Gasteiger partial charge < -0.3 is 5.11 Å². The largest absolute Gasteiger partial charge is 0.478 e. The Morgan fingerprint density at radius 3 is 1.90 bits per heavy atom. The number of sulfonamides is 1. The van der Waals surface area contributed by atoms with Crippen LogP contribution in [0, 0.1) is 0 Å². The summed E-state index contributed by atoms with van der Waals surface area (Å²) in [5.74, 6) is -1.07. The Morgan fingerprint density at radius 1 is 1.10 bits per heavy atom. The highest BCUT2D eigenvalue weighted by atomic mass is 32.2. The van der Waals surface area contributed by atoms with Gasteiger partial charge in [0.25, 0.3) is 0 Å². The van der Waals surface area contributed by atoms with Crippen LogP contribution in [-0.4, -0.2) is 36.9 Å². The highest BCUT2D eigenvalue weighted by Gasteiger charge is 2.23. The van der Waals surface area contributed by atoms with Crippen LogP contribution in [0.25, 0.3) is 0 Å². The number of nitrogens with zero attached hydrogens (tertiary/aromatic N) is 1. The van der Waals surface area contributed by atoms with Gasteiger partial charge in [-0.3, -0.25) is 0 Å². The Hall–Kier alpha value is -1.40. The number of rotatable bonds is 7. The third-order valence-electron chi connectivity index (χ3n) is 2.69. The fraction of sp³-hybridized carbons (Fsp3) is 0.500. The normalized spacial score (nSPS) is 11.2. The molecule has 114 valence electrons. The second kappa shape index (κ2) is 8.01. The topological polar surface area (TPSA) is 74.7 Å². The average molecular weight is 301 g/mol. The summed E-state index contributed by atoms with van der Waals surface area (Å²) in [6.07, 6.45) is 1.48. The zero-order chi connectivity index (χ0) is 14.5. The molecule has 1 N–H and O–H groups in total. The fourth-order valence-corrected chi connectivity index (χ4v) is 3.39. The number of hydrogen-bond donors (Lipinski definition) is 1. The zero-order valence-corrected chi connectivity index (χ0v) is 12.0. The maximum Gasteiger partial charge on any atom is 0.335 e. The van der Waals surface area contributed by atoms with E-state index in [4.69, 9.17) is 5.11 Å². The molecule has 0 aromatic heterocycles. The predicted octanol–water partition coefficient (Wildman–Crippen LogP) is 2.83. The molecule has 20 heavy (non-hydrogen) atoms. The Bertz CT molecular complexity index is 517. The summed E-state index contributed by atoms with van der Waals surface area (Å²) in [5, 5.41) is 8.80. The Kier molecular flexibility index (Phi) is 7.45. The summed E-state index contributed by atoms with van der Waals surface area (Å²) in [5.41, 5.74) is 0.0801. The fourth-order valence-electron chi connectivity index (χ4n) is 1.77. The van der Waals surface area contributed by atoms with Crippen molar-refractivity contribution in [1.29, 1.82) is 0 Å².